The first-order valence-corrected chi connectivity index (χ1v) is 6.12. The minimum atomic E-state index is 0.121. The average Bonchev–Trinajstić information content (AvgIpc) is 2.75. The Morgan fingerprint density at radius 3 is 2.89 bits per heavy atom. The van der Waals surface area contributed by atoms with E-state index in [-0.39, 0.29) is 6.10 Å². The van der Waals surface area contributed by atoms with Crippen molar-refractivity contribution in [2.75, 3.05) is 0 Å². The van der Waals surface area contributed by atoms with Gasteiger partial charge in [0.05, 0.1) is 12.7 Å². The molecule has 0 saturated carbocycles. The second kappa shape index (κ2) is 4.75. The van der Waals surface area contributed by atoms with E-state index in [2.05, 4.69) is 23.7 Å². The second-order valence-corrected chi connectivity index (χ2v) is 4.56. The minimum absolute atomic E-state index is 0.121. The zero-order chi connectivity index (χ0) is 12.4. The number of rotatable bonds is 3. The summed E-state index contributed by atoms with van der Waals surface area (Å²) in [6.07, 6.45) is 4.68. The number of ether oxygens (including phenoxy) is 1. The molecule has 0 fully saturated rings. The Bertz CT molecular complexity index is 562. The molecular formula is C16H15NO. The molecule has 0 spiro atoms. The lowest BCUT2D eigenvalue weighted by Crippen LogP contribution is -2.00. The van der Waals surface area contributed by atoms with Gasteiger partial charge in [0.25, 0.3) is 0 Å². The van der Waals surface area contributed by atoms with Crippen molar-refractivity contribution in [3.05, 3.63) is 72.1 Å². The van der Waals surface area contributed by atoms with Gasteiger partial charge in [0.1, 0.15) is 0 Å². The van der Waals surface area contributed by atoms with Crippen LogP contribution in [-0.4, -0.2) is 4.98 Å². The molecule has 1 atom stereocenters. The highest BCUT2D eigenvalue weighted by atomic mass is 16.5. The van der Waals surface area contributed by atoms with Crippen LogP contribution in [0.4, 0.5) is 0 Å². The van der Waals surface area contributed by atoms with E-state index in [1.54, 1.807) is 0 Å². The van der Waals surface area contributed by atoms with Crippen LogP contribution >= 0.6 is 0 Å². The zero-order valence-corrected chi connectivity index (χ0v) is 10.2. The highest BCUT2D eigenvalue weighted by Gasteiger charge is 2.25. The van der Waals surface area contributed by atoms with E-state index in [4.69, 9.17) is 4.74 Å². The van der Waals surface area contributed by atoms with Gasteiger partial charge in [0, 0.05) is 24.4 Å². The first-order chi connectivity index (χ1) is 8.84. The van der Waals surface area contributed by atoms with Crippen molar-refractivity contribution in [1.82, 2.24) is 4.98 Å². The lowest BCUT2D eigenvalue weighted by Gasteiger charge is -2.12. The predicted molar refractivity (Wildman–Crippen MR) is 71.9 cm³/mol. The topological polar surface area (TPSA) is 22.1 Å². The fourth-order valence-corrected chi connectivity index (χ4v) is 2.34. The van der Waals surface area contributed by atoms with Crippen LogP contribution in [0.5, 0.6) is 0 Å². The van der Waals surface area contributed by atoms with Gasteiger partial charge in [-0.15, -0.1) is 0 Å². The van der Waals surface area contributed by atoms with Crippen LogP contribution in [-0.2, 0) is 11.3 Å². The number of hydrogen-bond donors (Lipinski definition) is 0. The number of hydrogen-bond acceptors (Lipinski definition) is 2. The highest BCUT2D eigenvalue weighted by molar-refractivity contribution is 5.70. The number of aromatic nitrogens is 1. The Hall–Kier alpha value is -1.93. The second-order valence-electron chi connectivity index (χ2n) is 4.56. The molecule has 0 aliphatic heterocycles. The van der Waals surface area contributed by atoms with Gasteiger partial charge in [-0.05, 0) is 22.8 Å². The zero-order valence-electron chi connectivity index (χ0n) is 10.2. The minimum Gasteiger partial charge on any atom is -0.368 e. The first kappa shape index (κ1) is 11.2. The lowest BCUT2D eigenvalue weighted by molar-refractivity contribution is 0.0468. The first-order valence-electron chi connectivity index (χ1n) is 6.12. The van der Waals surface area contributed by atoms with Gasteiger partial charge >= 0.3 is 0 Å². The number of pyridine rings is 1. The highest BCUT2D eigenvalue weighted by Crippen LogP contribution is 2.40. The molecule has 90 valence electrons. The van der Waals surface area contributed by atoms with Gasteiger partial charge in [0.2, 0.25) is 0 Å². The standard InChI is InChI=1S/C16H15NO/c1-12-9-16(14-7-8-17-10-15(12)14)18-11-13-5-3-2-4-6-13/h2-8,10,16H,1,9,11H2. The monoisotopic (exact) mass is 237 g/mol. The maximum absolute atomic E-state index is 6.00. The summed E-state index contributed by atoms with van der Waals surface area (Å²) < 4.78 is 6.00. The summed E-state index contributed by atoms with van der Waals surface area (Å²) in [6, 6.07) is 12.3. The Kier molecular flexibility index (Phi) is 2.95. The van der Waals surface area contributed by atoms with E-state index < -0.39 is 0 Å². The van der Waals surface area contributed by atoms with Crippen LogP contribution < -0.4 is 0 Å². The molecule has 0 bridgehead atoms. The van der Waals surface area contributed by atoms with Crippen molar-refractivity contribution in [3.8, 4) is 0 Å². The van der Waals surface area contributed by atoms with Crippen LogP contribution in [0.3, 0.4) is 0 Å². The third-order valence-corrected chi connectivity index (χ3v) is 3.31. The van der Waals surface area contributed by atoms with Crippen LogP contribution in [0, 0.1) is 0 Å². The Balaban J connectivity index is 1.74. The summed E-state index contributed by atoms with van der Waals surface area (Å²) in [4.78, 5) is 4.14. The molecule has 1 heterocycles. The molecule has 1 aliphatic carbocycles. The number of fused-ring (bicyclic) bond motifs is 1. The molecule has 2 heteroatoms. The summed E-state index contributed by atoms with van der Waals surface area (Å²) in [7, 11) is 0. The summed E-state index contributed by atoms with van der Waals surface area (Å²) >= 11 is 0. The van der Waals surface area contributed by atoms with Crippen LogP contribution in [0.15, 0.2) is 55.4 Å². The summed E-state index contributed by atoms with van der Waals surface area (Å²) in [5.41, 5.74) is 4.68. The van der Waals surface area contributed by atoms with Gasteiger partial charge in [-0.25, -0.2) is 0 Å². The maximum atomic E-state index is 6.00. The van der Waals surface area contributed by atoms with Crippen LogP contribution in [0.2, 0.25) is 0 Å². The molecule has 18 heavy (non-hydrogen) atoms. The quantitative estimate of drug-likeness (QED) is 0.811. The van der Waals surface area contributed by atoms with Gasteiger partial charge < -0.3 is 4.74 Å². The Morgan fingerprint density at radius 1 is 1.22 bits per heavy atom. The van der Waals surface area contributed by atoms with Gasteiger partial charge in [0.15, 0.2) is 0 Å². The summed E-state index contributed by atoms with van der Waals surface area (Å²) in [5, 5.41) is 0. The number of benzene rings is 1. The molecule has 1 aromatic heterocycles. The van der Waals surface area contributed by atoms with Gasteiger partial charge in [-0.3, -0.25) is 4.98 Å². The van der Waals surface area contributed by atoms with E-state index in [0.717, 1.165) is 17.6 Å². The number of nitrogens with zero attached hydrogens (tertiary/aromatic N) is 1. The smallest absolute Gasteiger partial charge is 0.0876 e. The molecule has 1 aromatic carbocycles. The lowest BCUT2D eigenvalue weighted by atomic mass is 10.1. The van der Waals surface area contributed by atoms with E-state index in [9.17, 15) is 0 Å². The van der Waals surface area contributed by atoms with Crippen LogP contribution in [0.1, 0.15) is 29.2 Å². The predicted octanol–water partition coefficient (Wildman–Crippen LogP) is 3.76. The largest absolute Gasteiger partial charge is 0.368 e. The molecule has 1 unspecified atom stereocenters. The van der Waals surface area contributed by atoms with Crippen molar-refractivity contribution in [2.24, 2.45) is 0 Å². The van der Waals surface area contributed by atoms with Crippen molar-refractivity contribution >= 4 is 5.57 Å². The third-order valence-electron chi connectivity index (χ3n) is 3.31. The van der Waals surface area contributed by atoms with Crippen molar-refractivity contribution in [2.45, 2.75) is 19.1 Å². The molecule has 0 saturated heterocycles. The third kappa shape index (κ3) is 2.07. The molecule has 2 aromatic rings. The van der Waals surface area contributed by atoms with Crippen molar-refractivity contribution in [1.29, 1.82) is 0 Å². The maximum Gasteiger partial charge on any atom is 0.0876 e. The van der Waals surface area contributed by atoms with Crippen molar-refractivity contribution in [3.63, 3.8) is 0 Å². The molecule has 0 radical (unpaired) electrons. The summed E-state index contributed by atoms with van der Waals surface area (Å²) in [5.74, 6) is 0. The SMILES string of the molecule is C=C1CC(OCc2ccccc2)c2ccncc21. The molecule has 1 aliphatic rings. The Labute approximate surface area is 107 Å². The normalized spacial score (nSPS) is 17.8. The van der Waals surface area contributed by atoms with E-state index in [1.165, 1.54) is 11.1 Å². The summed E-state index contributed by atoms with van der Waals surface area (Å²) in [6.45, 7) is 4.72. The van der Waals surface area contributed by atoms with Crippen LogP contribution in [0.25, 0.3) is 5.57 Å². The van der Waals surface area contributed by atoms with Crippen molar-refractivity contribution < 1.29 is 4.74 Å². The van der Waals surface area contributed by atoms with Gasteiger partial charge in [-0.2, -0.15) is 0 Å². The molecule has 0 N–H and O–H groups in total. The molecule has 3 rings (SSSR count). The Morgan fingerprint density at radius 2 is 2.06 bits per heavy atom. The molecule has 0 amide bonds. The molecule has 2 nitrogen and oxygen atoms in total. The van der Waals surface area contributed by atoms with E-state index in [0.29, 0.717) is 6.61 Å². The average molecular weight is 237 g/mol. The molecular weight excluding hydrogens is 222 g/mol. The fraction of sp³-hybridized carbons (Fsp3) is 0.188. The fourth-order valence-electron chi connectivity index (χ4n) is 2.34. The van der Waals surface area contributed by atoms with E-state index >= 15 is 0 Å². The van der Waals surface area contributed by atoms with E-state index in [1.807, 2.05) is 36.7 Å². The van der Waals surface area contributed by atoms with Gasteiger partial charge in [-0.1, -0.05) is 36.9 Å².